The lowest BCUT2D eigenvalue weighted by Gasteiger charge is -2.27. The standard InChI is InChI=1S/C26H30N2O3/c27-26(31)23-15-13-20(14-16-23)8-7-17-28(18-24(29)21-9-3-1-4-10-21)19-25(30)22-11-5-2-6-12-22/h1-6,9-16,24-25,29-30H,7-8,17-19H2,(H2,27,31). The third-order valence-corrected chi connectivity index (χ3v) is 5.41. The lowest BCUT2D eigenvalue weighted by Crippen LogP contribution is -2.34. The average molecular weight is 419 g/mol. The molecular weight excluding hydrogens is 388 g/mol. The molecule has 31 heavy (non-hydrogen) atoms. The molecule has 3 aromatic rings. The van der Waals surface area contributed by atoms with Crippen LogP contribution in [0.25, 0.3) is 0 Å². The van der Waals surface area contributed by atoms with Crippen molar-refractivity contribution in [2.45, 2.75) is 25.0 Å². The minimum atomic E-state index is -0.626. The molecule has 0 radical (unpaired) electrons. The van der Waals surface area contributed by atoms with E-state index in [0.29, 0.717) is 18.7 Å². The Hall–Kier alpha value is -2.99. The first-order chi connectivity index (χ1) is 15.0. The van der Waals surface area contributed by atoms with E-state index in [1.54, 1.807) is 12.1 Å². The van der Waals surface area contributed by atoms with Gasteiger partial charge in [0, 0.05) is 18.7 Å². The van der Waals surface area contributed by atoms with Gasteiger partial charge in [-0.05, 0) is 48.2 Å². The third-order valence-electron chi connectivity index (χ3n) is 5.41. The summed E-state index contributed by atoms with van der Waals surface area (Å²) in [6.07, 6.45) is 0.440. The van der Waals surface area contributed by atoms with Crippen molar-refractivity contribution >= 4 is 5.91 Å². The van der Waals surface area contributed by atoms with E-state index in [4.69, 9.17) is 5.73 Å². The molecule has 0 aliphatic carbocycles. The molecule has 0 spiro atoms. The molecule has 0 bridgehead atoms. The number of carbonyl (C=O) groups is 1. The maximum atomic E-state index is 11.2. The van der Waals surface area contributed by atoms with Gasteiger partial charge in [-0.25, -0.2) is 0 Å². The second-order valence-electron chi connectivity index (χ2n) is 7.78. The average Bonchev–Trinajstić information content (AvgIpc) is 2.80. The van der Waals surface area contributed by atoms with E-state index in [0.717, 1.165) is 36.1 Å². The van der Waals surface area contributed by atoms with Gasteiger partial charge >= 0.3 is 0 Å². The number of aryl methyl sites for hydroxylation is 1. The Morgan fingerprint density at radius 2 is 1.26 bits per heavy atom. The fraction of sp³-hybridized carbons (Fsp3) is 0.269. The van der Waals surface area contributed by atoms with Gasteiger partial charge in [0.25, 0.3) is 0 Å². The van der Waals surface area contributed by atoms with Gasteiger partial charge in [-0.3, -0.25) is 9.69 Å². The highest BCUT2D eigenvalue weighted by atomic mass is 16.3. The number of aliphatic hydroxyl groups is 2. The summed E-state index contributed by atoms with van der Waals surface area (Å²) in [5, 5.41) is 21.4. The monoisotopic (exact) mass is 418 g/mol. The van der Waals surface area contributed by atoms with E-state index in [1.165, 1.54) is 0 Å². The van der Waals surface area contributed by atoms with E-state index in [2.05, 4.69) is 4.90 Å². The molecule has 0 aromatic heterocycles. The molecule has 0 fully saturated rings. The Bertz CT molecular complexity index is 882. The molecule has 3 rings (SSSR count). The lowest BCUT2D eigenvalue weighted by atomic mass is 10.0. The third kappa shape index (κ3) is 7.03. The number of aliphatic hydroxyl groups excluding tert-OH is 2. The van der Waals surface area contributed by atoms with Gasteiger partial charge in [-0.15, -0.1) is 0 Å². The summed E-state index contributed by atoms with van der Waals surface area (Å²) >= 11 is 0. The predicted molar refractivity (Wildman–Crippen MR) is 123 cm³/mol. The number of rotatable bonds is 11. The van der Waals surface area contributed by atoms with Crippen LogP contribution in [0.2, 0.25) is 0 Å². The van der Waals surface area contributed by atoms with Gasteiger partial charge in [0.05, 0.1) is 12.2 Å². The van der Waals surface area contributed by atoms with Crippen molar-refractivity contribution in [3.05, 3.63) is 107 Å². The zero-order chi connectivity index (χ0) is 22.1. The van der Waals surface area contributed by atoms with Crippen molar-refractivity contribution in [3.63, 3.8) is 0 Å². The van der Waals surface area contributed by atoms with Gasteiger partial charge in [-0.2, -0.15) is 0 Å². The van der Waals surface area contributed by atoms with Gasteiger partial charge < -0.3 is 15.9 Å². The SMILES string of the molecule is NC(=O)c1ccc(CCCN(CC(O)c2ccccc2)CC(O)c2ccccc2)cc1. The quantitative estimate of drug-likeness (QED) is 0.445. The summed E-state index contributed by atoms with van der Waals surface area (Å²) in [4.78, 5) is 13.3. The van der Waals surface area contributed by atoms with Gasteiger partial charge in [-0.1, -0.05) is 72.8 Å². The molecule has 3 aromatic carbocycles. The largest absolute Gasteiger partial charge is 0.387 e. The van der Waals surface area contributed by atoms with Crippen molar-refractivity contribution in [1.29, 1.82) is 0 Å². The Labute approximate surface area is 183 Å². The molecule has 0 aliphatic heterocycles. The number of nitrogens with two attached hydrogens (primary N) is 1. The van der Waals surface area contributed by atoms with Crippen LogP contribution in [0.15, 0.2) is 84.9 Å². The van der Waals surface area contributed by atoms with Crippen LogP contribution in [0.1, 0.15) is 45.7 Å². The number of benzene rings is 3. The maximum absolute atomic E-state index is 11.2. The molecule has 5 heteroatoms. The first kappa shape index (κ1) is 22.7. The molecular formula is C26H30N2O3. The van der Waals surface area contributed by atoms with Crippen LogP contribution in [0.5, 0.6) is 0 Å². The highest BCUT2D eigenvalue weighted by Gasteiger charge is 2.18. The van der Waals surface area contributed by atoms with E-state index >= 15 is 0 Å². The van der Waals surface area contributed by atoms with Crippen molar-refractivity contribution in [1.82, 2.24) is 4.90 Å². The second kappa shape index (κ2) is 11.4. The van der Waals surface area contributed by atoms with Crippen LogP contribution in [0, 0.1) is 0 Å². The second-order valence-corrected chi connectivity index (χ2v) is 7.78. The predicted octanol–water partition coefficient (Wildman–Crippen LogP) is 3.49. The normalized spacial score (nSPS) is 13.1. The smallest absolute Gasteiger partial charge is 0.248 e. The summed E-state index contributed by atoms with van der Waals surface area (Å²) in [7, 11) is 0. The summed E-state index contributed by atoms with van der Waals surface area (Å²) < 4.78 is 0. The van der Waals surface area contributed by atoms with Crippen LogP contribution < -0.4 is 5.73 Å². The van der Waals surface area contributed by atoms with Crippen molar-refractivity contribution in [2.75, 3.05) is 19.6 Å². The summed E-state index contributed by atoms with van der Waals surface area (Å²) in [5.74, 6) is -0.428. The van der Waals surface area contributed by atoms with E-state index in [-0.39, 0.29) is 0 Å². The minimum Gasteiger partial charge on any atom is -0.387 e. The molecule has 162 valence electrons. The Morgan fingerprint density at radius 1 is 0.774 bits per heavy atom. The highest BCUT2D eigenvalue weighted by molar-refractivity contribution is 5.92. The summed E-state index contributed by atoms with van der Waals surface area (Å²) in [6.45, 7) is 1.61. The minimum absolute atomic E-state index is 0.428. The number of primary amides is 1. The lowest BCUT2D eigenvalue weighted by molar-refractivity contribution is 0.0682. The maximum Gasteiger partial charge on any atom is 0.248 e. The number of carbonyl (C=O) groups excluding carboxylic acids is 1. The van der Waals surface area contributed by atoms with Gasteiger partial charge in [0.1, 0.15) is 0 Å². The molecule has 0 aliphatic rings. The molecule has 2 atom stereocenters. The fourth-order valence-electron chi connectivity index (χ4n) is 3.65. The molecule has 4 N–H and O–H groups in total. The van der Waals surface area contributed by atoms with Gasteiger partial charge in [0.15, 0.2) is 0 Å². The Balaban J connectivity index is 1.62. The topological polar surface area (TPSA) is 86.8 Å². The number of hydrogen-bond donors (Lipinski definition) is 3. The zero-order valence-corrected chi connectivity index (χ0v) is 17.6. The van der Waals surface area contributed by atoms with Crippen molar-refractivity contribution in [3.8, 4) is 0 Å². The van der Waals surface area contributed by atoms with Crippen LogP contribution in [-0.4, -0.2) is 40.7 Å². The number of amides is 1. The van der Waals surface area contributed by atoms with E-state index in [9.17, 15) is 15.0 Å². The molecule has 1 amide bonds. The van der Waals surface area contributed by atoms with E-state index in [1.807, 2.05) is 72.8 Å². The molecule has 0 heterocycles. The first-order valence-electron chi connectivity index (χ1n) is 10.6. The fourth-order valence-corrected chi connectivity index (χ4v) is 3.65. The van der Waals surface area contributed by atoms with Crippen LogP contribution >= 0.6 is 0 Å². The van der Waals surface area contributed by atoms with Crippen molar-refractivity contribution in [2.24, 2.45) is 5.73 Å². The zero-order valence-electron chi connectivity index (χ0n) is 17.6. The van der Waals surface area contributed by atoms with E-state index < -0.39 is 18.1 Å². The van der Waals surface area contributed by atoms with Crippen molar-refractivity contribution < 1.29 is 15.0 Å². The van der Waals surface area contributed by atoms with Crippen LogP contribution in [0.3, 0.4) is 0 Å². The summed E-state index contributed by atoms with van der Waals surface area (Å²) in [5.41, 5.74) is 8.65. The van der Waals surface area contributed by atoms with Gasteiger partial charge in [0.2, 0.25) is 5.91 Å². The Morgan fingerprint density at radius 3 is 1.71 bits per heavy atom. The number of nitrogens with zero attached hydrogens (tertiary/aromatic N) is 1. The Kier molecular flexibility index (Phi) is 8.35. The van der Waals surface area contributed by atoms with Crippen LogP contribution in [-0.2, 0) is 6.42 Å². The molecule has 2 unspecified atom stereocenters. The summed E-state index contributed by atoms with van der Waals surface area (Å²) in [6, 6.07) is 26.5. The molecule has 0 saturated heterocycles. The first-order valence-corrected chi connectivity index (χ1v) is 10.6. The molecule has 5 nitrogen and oxygen atoms in total. The van der Waals surface area contributed by atoms with Crippen LogP contribution in [0.4, 0.5) is 0 Å². The highest BCUT2D eigenvalue weighted by Crippen LogP contribution is 2.19. The molecule has 0 saturated carbocycles. The number of hydrogen-bond acceptors (Lipinski definition) is 4.